The van der Waals surface area contributed by atoms with Gasteiger partial charge in [0.1, 0.15) is 23.3 Å². The Balaban J connectivity index is 1.58. The van der Waals surface area contributed by atoms with E-state index in [2.05, 4.69) is 4.99 Å². The summed E-state index contributed by atoms with van der Waals surface area (Å²) in [5.74, 6) is 0.691. The van der Waals surface area contributed by atoms with Crippen molar-refractivity contribution in [1.82, 2.24) is 4.57 Å². The monoisotopic (exact) mass is 600 g/mol. The normalized spacial score (nSPS) is 14.8. The summed E-state index contributed by atoms with van der Waals surface area (Å²) >= 11 is 1.21. The molecule has 9 nitrogen and oxygen atoms in total. The second-order valence-corrected chi connectivity index (χ2v) is 11.0. The Morgan fingerprint density at radius 2 is 1.70 bits per heavy atom. The van der Waals surface area contributed by atoms with Gasteiger partial charge in [0.2, 0.25) is 0 Å². The van der Waals surface area contributed by atoms with Crippen molar-refractivity contribution < 1.29 is 28.2 Å². The molecule has 2 aromatic heterocycles. The highest BCUT2D eigenvalue weighted by atomic mass is 32.1. The molecular weight excluding hydrogens is 568 g/mol. The van der Waals surface area contributed by atoms with Gasteiger partial charge in [-0.1, -0.05) is 41.7 Å². The summed E-state index contributed by atoms with van der Waals surface area (Å²) in [5.41, 5.74) is 2.32. The van der Waals surface area contributed by atoms with Crippen LogP contribution < -0.4 is 19.6 Å². The first-order valence-electron chi connectivity index (χ1n) is 14.0. The van der Waals surface area contributed by atoms with E-state index >= 15 is 0 Å². The van der Waals surface area contributed by atoms with Crippen molar-refractivity contribution in [3.05, 3.63) is 109 Å². The standard InChI is InChI=1S/C33H32N2O7S/c1-6-39-31(37)22-14-12-21(13-15-22)25-17-16-23(42-25)18-27-30(36)35-29(24-10-8-9-11-26(24)41-19(3)4)28(32(38)40-7-2)20(5)34-33(35)43-27/h8-19,29H,6-7H2,1-5H3/b27-18+/t29-/m1/s1. The third kappa shape index (κ3) is 6.10. The number of benzene rings is 2. The number of carbonyl (C=O) groups is 2. The van der Waals surface area contributed by atoms with Crippen LogP contribution in [0, 0.1) is 0 Å². The van der Waals surface area contributed by atoms with E-state index in [0.29, 0.717) is 50.0 Å². The minimum Gasteiger partial charge on any atom is -0.491 e. The molecule has 10 heteroatoms. The van der Waals surface area contributed by atoms with E-state index in [-0.39, 0.29) is 29.8 Å². The van der Waals surface area contributed by atoms with Gasteiger partial charge in [-0.05, 0) is 65.0 Å². The van der Waals surface area contributed by atoms with E-state index in [4.69, 9.17) is 18.6 Å². The number of furan rings is 1. The lowest BCUT2D eigenvalue weighted by atomic mass is 9.95. The molecule has 1 atom stereocenters. The molecule has 0 aliphatic carbocycles. The Morgan fingerprint density at radius 1 is 1.00 bits per heavy atom. The van der Waals surface area contributed by atoms with Crippen LogP contribution in [0.3, 0.4) is 0 Å². The fraction of sp³-hybridized carbons (Fsp3) is 0.273. The summed E-state index contributed by atoms with van der Waals surface area (Å²) in [6, 6.07) is 17.1. The molecule has 0 radical (unpaired) electrons. The Bertz CT molecular complexity index is 1880. The quantitative estimate of drug-likeness (QED) is 0.248. The van der Waals surface area contributed by atoms with Crippen molar-refractivity contribution in [2.45, 2.75) is 46.8 Å². The molecule has 0 unspecified atom stereocenters. The van der Waals surface area contributed by atoms with Gasteiger partial charge in [0.25, 0.3) is 5.56 Å². The van der Waals surface area contributed by atoms with Gasteiger partial charge in [-0.2, -0.15) is 0 Å². The van der Waals surface area contributed by atoms with Crippen LogP contribution in [0.5, 0.6) is 5.75 Å². The fourth-order valence-corrected chi connectivity index (χ4v) is 5.88. The maximum atomic E-state index is 14.0. The van der Waals surface area contributed by atoms with Crippen LogP contribution in [0.4, 0.5) is 0 Å². The molecule has 43 heavy (non-hydrogen) atoms. The predicted molar refractivity (Wildman–Crippen MR) is 163 cm³/mol. The molecule has 0 spiro atoms. The molecule has 2 aromatic carbocycles. The average molecular weight is 601 g/mol. The van der Waals surface area contributed by atoms with Crippen molar-refractivity contribution >= 4 is 29.4 Å². The van der Waals surface area contributed by atoms with E-state index in [9.17, 15) is 14.4 Å². The summed E-state index contributed by atoms with van der Waals surface area (Å²) in [5, 5.41) is 0. The molecular formula is C33H32N2O7S. The van der Waals surface area contributed by atoms with Gasteiger partial charge < -0.3 is 18.6 Å². The van der Waals surface area contributed by atoms with E-state index in [1.807, 2.05) is 38.1 Å². The number of rotatable bonds is 9. The number of ether oxygens (including phenoxy) is 3. The van der Waals surface area contributed by atoms with Crippen LogP contribution in [0.1, 0.15) is 62.3 Å². The number of nitrogens with zero attached hydrogens (tertiary/aromatic N) is 2. The van der Waals surface area contributed by atoms with Gasteiger partial charge in [-0.25, -0.2) is 14.6 Å². The zero-order chi connectivity index (χ0) is 30.7. The number of hydrogen-bond acceptors (Lipinski definition) is 9. The minimum atomic E-state index is -0.794. The molecule has 0 bridgehead atoms. The highest BCUT2D eigenvalue weighted by Gasteiger charge is 2.35. The summed E-state index contributed by atoms with van der Waals surface area (Å²) in [4.78, 5) is 44.3. The summed E-state index contributed by atoms with van der Waals surface area (Å²) in [6.45, 7) is 9.56. The van der Waals surface area contributed by atoms with Gasteiger partial charge in [-0.15, -0.1) is 0 Å². The number of para-hydroxylation sites is 1. The maximum Gasteiger partial charge on any atom is 0.338 e. The Kier molecular flexibility index (Phi) is 8.77. The molecule has 0 amide bonds. The number of aromatic nitrogens is 1. The smallest absolute Gasteiger partial charge is 0.338 e. The van der Waals surface area contributed by atoms with Crippen molar-refractivity contribution in [2.75, 3.05) is 13.2 Å². The number of fused-ring (bicyclic) bond motifs is 1. The van der Waals surface area contributed by atoms with Gasteiger partial charge in [0.05, 0.1) is 40.7 Å². The zero-order valence-electron chi connectivity index (χ0n) is 24.6. The van der Waals surface area contributed by atoms with E-state index < -0.39 is 12.0 Å². The predicted octanol–water partition coefficient (Wildman–Crippen LogP) is 5.02. The lowest BCUT2D eigenvalue weighted by Crippen LogP contribution is -2.40. The lowest BCUT2D eigenvalue weighted by Gasteiger charge is -2.26. The van der Waals surface area contributed by atoms with Crippen molar-refractivity contribution in [1.29, 1.82) is 0 Å². The van der Waals surface area contributed by atoms with Gasteiger partial charge in [0.15, 0.2) is 4.80 Å². The second-order valence-electron chi connectivity index (χ2n) is 10.0. The molecule has 5 rings (SSSR count). The maximum absolute atomic E-state index is 14.0. The number of allylic oxidation sites excluding steroid dienone is 1. The first kappa shape index (κ1) is 29.8. The molecule has 1 aliphatic heterocycles. The molecule has 3 heterocycles. The summed E-state index contributed by atoms with van der Waals surface area (Å²) < 4.78 is 24.5. The van der Waals surface area contributed by atoms with Crippen LogP contribution in [0.15, 0.2) is 86.1 Å². The van der Waals surface area contributed by atoms with Crippen LogP contribution in [-0.2, 0) is 14.3 Å². The summed E-state index contributed by atoms with van der Waals surface area (Å²) in [7, 11) is 0. The molecule has 1 aliphatic rings. The lowest BCUT2D eigenvalue weighted by molar-refractivity contribution is -0.139. The number of hydrogen-bond donors (Lipinski definition) is 0. The first-order chi connectivity index (χ1) is 20.7. The highest BCUT2D eigenvalue weighted by molar-refractivity contribution is 7.07. The average Bonchev–Trinajstić information content (AvgIpc) is 3.57. The van der Waals surface area contributed by atoms with Crippen molar-refractivity contribution in [2.24, 2.45) is 4.99 Å². The largest absolute Gasteiger partial charge is 0.491 e. The van der Waals surface area contributed by atoms with Crippen LogP contribution in [-0.4, -0.2) is 35.8 Å². The van der Waals surface area contributed by atoms with Crippen molar-refractivity contribution in [3.63, 3.8) is 0 Å². The number of thiazole rings is 1. The molecule has 222 valence electrons. The molecule has 0 fully saturated rings. The highest BCUT2D eigenvalue weighted by Crippen LogP contribution is 2.36. The molecule has 0 N–H and O–H groups in total. The van der Waals surface area contributed by atoms with Crippen LogP contribution in [0.25, 0.3) is 17.4 Å². The third-order valence-corrected chi connectivity index (χ3v) is 7.66. The molecule has 0 saturated carbocycles. The summed E-state index contributed by atoms with van der Waals surface area (Å²) in [6.07, 6.45) is 1.54. The second kappa shape index (κ2) is 12.7. The van der Waals surface area contributed by atoms with E-state index in [1.54, 1.807) is 63.2 Å². The Labute approximate surface area is 252 Å². The fourth-order valence-electron chi connectivity index (χ4n) is 4.85. The van der Waals surface area contributed by atoms with Gasteiger partial charge >= 0.3 is 11.9 Å². The Morgan fingerprint density at radius 3 is 2.40 bits per heavy atom. The molecule has 4 aromatic rings. The first-order valence-corrected chi connectivity index (χ1v) is 14.9. The van der Waals surface area contributed by atoms with Crippen molar-refractivity contribution in [3.8, 4) is 17.1 Å². The number of esters is 2. The van der Waals surface area contributed by atoms with E-state index in [1.165, 1.54) is 15.9 Å². The van der Waals surface area contributed by atoms with Crippen LogP contribution in [0.2, 0.25) is 0 Å². The third-order valence-electron chi connectivity index (χ3n) is 6.67. The molecule has 0 saturated heterocycles. The van der Waals surface area contributed by atoms with Gasteiger partial charge in [0, 0.05) is 17.2 Å². The minimum absolute atomic E-state index is 0.123. The Hall–Kier alpha value is -4.70. The SMILES string of the molecule is CCOC(=O)C1=C(C)N=c2s/c(=C/c3ccc(-c4ccc(C(=O)OCC)cc4)o3)c(=O)n2[C@@H]1c1ccccc1OC(C)C. The topological polar surface area (TPSA) is 109 Å². The van der Waals surface area contributed by atoms with Crippen LogP contribution >= 0.6 is 11.3 Å². The number of carbonyl (C=O) groups excluding carboxylic acids is 2. The zero-order valence-corrected chi connectivity index (χ0v) is 25.4. The van der Waals surface area contributed by atoms with E-state index in [0.717, 1.165) is 5.56 Å². The van der Waals surface area contributed by atoms with Gasteiger partial charge in [-0.3, -0.25) is 9.36 Å².